The normalized spacial score (nSPS) is 16.5. The van der Waals surface area contributed by atoms with Crippen LogP contribution in [0, 0.1) is 6.92 Å². The van der Waals surface area contributed by atoms with Crippen molar-refractivity contribution in [2.75, 3.05) is 0 Å². The zero-order chi connectivity index (χ0) is 18.3. The molecule has 4 rings (SSSR count). The molecular formula is C21H23N3O2. The highest BCUT2D eigenvalue weighted by Gasteiger charge is 2.23. The maximum absolute atomic E-state index is 12.8. The quantitative estimate of drug-likeness (QED) is 0.763. The van der Waals surface area contributed by atoms with Crippen LogP contribution in [0.4, 0.5) is 0 Å². The van der Waals surface area contributed by atoms with Crippen LogP contribution in [-0.2, 0) is 20.1 Å². The third-order valence-electron chi connectivity index (χ3n) is 5.42. The zero-order valence-corrected chi connectivity index (χ0v) is 15.1. The van der Waals surface area contributed by atoms with Crippen LogP contribution in [0.2, 0.25) is 0 Å². The number of rotatable bonds is 3. The van der Waals surface area contributed by atoms with Crippen molar-refractivity contribution in [3.8, 4) is 0 Å². The number of hydrogen-bond donors (Lipinski definition) is 2. The second-order valence-corrected chi connectivity index (χ2v) is 7.01. The van der Waals surface area contributed by atoms with Crippen LogP contribution in [0.15, 0.2) is 36.4 Å². The molecule has 1 heterocycles. The van der Waals surface area contributed by atoms with Gasteiger partial charge in [0, 0.05) is 12.6 Å². The van der Waals surface area contributed by atoms with E-state index in [9.17, 15) is 9.90 Å². The lowest BCUT2D eigenvalue weighted by atomic mass is 9.85. The van der Waals surface area contributed by atoms with Gasteiger partial charge in [0.25, 0.3) is 5.91 Å². The van der Waals surface area contributed by atoms with Gasteiger partial charge in [-0.25, -0.2) is 4.98 Å². The molecule has 5 heteroatoms. The minimum Gasteiger partial charge on any atom is -0.388 e. The summed E-state index contributed by atoms with van der Waals surface area (Å²) in [5.74, 6) is 0.511. The number of carbonyl (C=O) groups is 1. The van der Waals surface area contributed by atoms with Gasteiger partial charge in [0.2, 0.25) is 0 Å². The highest BCUT2D eigenvalue weighted by atomic mass is 16.3. The first kappa shape index (κ1) is 16.8. The predicted molar refractivity (Wildman–Crippen MR) is 101 cm³/mol. The fourth-order valence-electron chi connectivity index (χ4n) is 3.96. The number of benzene rings is 2. The molecule has 0 aliphatic heterocycles. The smallest absolute Gasteiger partial charge is 0.251 e. The maximum atomic E-state index is 12.8. The number of imidazole rings is 1. The van der Waals surface area contributed by atoms with Crippen LogP contribution in [0.3, 0.4) is 0 Å². The van der Waals surface area contributed by atoms with E-state index >= 15 is 0 Å². The van der Waals surface area contributed by atoms with Gasteiger partial charge in [-0.1, -0.05) is 18.2 Å². The first-order valence-electron chi connectivity index (χ1n) is 9.04. The Balaban J connectivity index is 1.61. The van der Waals surface area contributed by atoms with Crippen molar-refractivity contribution >= 4 is 16.9 Å². The van der Waals surface area contributed by atoms with Crippen LogP contribution >= 0.6 is 0 Å². The molecule has 1 unspecified atom stereocenters. The average molecular weight is 349 g/mol. The molecular weight excluding hydrogens is 326 g/mol. The van der Waals surface area contributed by atoms with Gasteiger partial charge in [-0.15, -0.1) is 0 Å². The highest BCUT2D eigenvalue weighted by molar-refractivity contribution is 5.97. The third-order valence-corrected chi connectivity index (χ3v) is 5.42. The fraction of sp³-hybridized carbons (Fsp3) is 0.333. The summed E-state index contributed by atoms with van der Waals surface area (Å²) in [5.41, 5.74) is 6.14. The summed E-state index contributed by atoms with van der Waals surface area (Å²) < 4.78 is 1.84. The molecule has 5 nitrogen and oxygen atoms in total. The molecule has 26 heavy (non-hydrogen) atoms. The molecule has 1 aliphatic rings. The Morgan fingerprint density at radius 1 is 1.35 bits per heavy atom. The Bertz CT molecular complexity index is 990. The number of aliphatic hydroxyl groups is 1. The number of aliphatic hydroxyl groups excluding tert-OH is 1. The number of fused-ring (bicyclic) bond motifs is 2. The van der Waals surface area contributed by atoms with Crippen molar-refractivity contribution in [2.24, 2.45) is 7.05 Å². The number of amides is 1. The van der Waals surface area contributed by atoms with Crippen LogP contribution < -0.4 is 5.32 Å². The van der Waals surface area contributed by atoms with Crippen LogP contribution in [0.5, 0.6) is 0 Å². The van der Waals surface area contributed by atoms with E-state index < -0.39 is 0 Å². The first-order valence-corrected chi connectivity index (χ1v) is 9.04. The Kier molecular flexibility index (Phi) is 4.24. The second-order valence-electron chi connectivity index (χ2n) is 7.01. The van der Waals surface area contributed by atoms with Gasteiger partial charge < -0.3 is 15.0 Å². The molecule has 0 saturated carbocycles. The van der Waals surface area contributed by atoms with E-state index in [0.29, 0.717) is 11.4 Å². The molecule has 2 N–H and O–H groups in total. The van der Waals surface area contributed by atoms with Gasteiger partial charge in [0.15, 0.2) is 0 Å². The second kappa shape index (κ2) is 6.57. The third kappa shape index (κ3) is 2.78. The van der Waals surface area contributed by atoms with Crippen molar-refractivity contribution < 1.29 is 9.90 Å². The molecule has 3 aromatic rings. The van der Waals surface area contributed by atoms with Gasteiger partial charge in [0.05, 0.1) is 17.1 Å². The number of hydrogen-bond acceptors (Lipinski definition) is 3. The lowest BCUT2D eigenvalue weighted by molar-refractivity contribution is 0.0933. The first-order chi connectivity index (χ1) is 12.6. The van der Waals surface area contributed by atoms with Gasteiger partial charge in [-0.2, -0.15) is 0 Å². The van der Waals surface area contributed by atoms with Crippen LogP contribution in [0.25, 0.3) is 11.0 Å². The Morgan fingerprint density at radius 3 is 3.00 bits per heavy atom. The maximum Gasteiger partial charge on any atom is 0.251 e. The van der Waals surface area contributed by atoms with E-state index in [4.69, 9.17) is 0 Å². The summed E-state index contributed by atoms with van der Waals surface area (Å²) in [6, 6.07) is 11.9. The van der Waals surface area contributed by atoms with Crippen molar-refractivity contribution in [2.45, 2.75) is 38.8 Å². The van der Waals surface area contributed by atoms with Crippen LogP contribution in [0.1, 0.15) is 51.8 Å². The Hall–Kier alpha value is -2.66. The summed E-state index contributed by atoms with van der Waals surface area (Å²) in [4.78, 5) is 17.2. The predicted octanol–water partition coefficient (Wildman–Crippen LogP) is 3.18. The summed E-state index contributed by atoms with van der Waals surface area (Å²) in [7, 11) is 1.86. The zero-order valence-electron chi connectivity index (χ0n) is 15.1. The molecule has 0 radical (unpaired) electrons. The standard InChI is InChI=1S/C21H23N3O2/c1-13-5-3-7-16-15(13)6-4-8-17(16)23-21(26)14-9-10-19-18(11-14)22-20(12-25)24(19)2/h3,5,7,9-11,17,25H,4,6,8,12H2,1-2H3,(H,23,26). The van der Waals surface area contributed by atoms with Gasteiger partial charge in [0.1, 0.15) is 12.4 Å². The molecule has 1 amide bonds. The largest absolute Gasteiger partial charge is 0.388 e. The molecule has 0 bridgehead atoms. The van der Waals surface area contributed by atoms with Crippen molar-refractivity contribution in [1.82, 2.24) is 14.9 Å². The van der Waals surface area contributed by atoms with E-state index in [1.54, 1.807) is 6.07 Å². The molecule has 0 spiro atoms. The molecule has 134 valence electrons. The summed E-state index contributed by atoms with van der Waals surface area (Å²) in [6.45, 7) is 2.02. The number of nitrogens with one attached hydrogen (secondary N) is 1. The van der Waals surface area contributed by atoms with E-state index in [0.717, 1.165) is 30.3 Å². The molecule has 0 saturated heterocycles. The number of aryl methyl sites for hydroxylation is 2. The van der Waals surface area contributed by atoms with E-state index in [-0.39, 0.29) is 18.6 Å². The fourth-order valence-corrected chi connectivity index (χ4v) is 3.96. The number of nitrogens with zero attached hydrogens (tertiary/aromatic N) is 2. The van der Waals surface area contributed by atoms with E-state index in [1.807, 2.05) is 23.7 Å². The topological polar surface area (TPSA) is 67.2 Å². The molecule has 1 aliphatic carbocycles. The monoisotopic (exact) mass is 349 g/mol. The average Bonchev–Trinajstić information content (AvgIpc) is 2.98. The minimum absolute atomic E-state index is 0.0542. The summed E-state index contributed by atoms with van der Waals surface area (Å²) in [6.07, 6.45) is 3.13. The number of aromatic nitrogens is 2. The number of carbonyl (C=O) groups excluding carboxylic acids is 1. The lowest BCUT2D eigenvalue weighted by Crippen LogP contribution is -2.31. The van der Waals surface area contributed by atoms with Gasteiger partial charge in [-0.05, 0) is 61.1 Å². The van der Waals surface area contributed by atoms with Crippen molar-refractivity contribution in [1.29, 1.82) is 0 Å². The van der Waals surface area contributed by atoms with Crippen molar-refractivity contribution in [3.05, 3.63) is 64.5 Å². The Labute approximate surface area is 152 Å². The lowest BCUT2D eigenvalue weighted by Gasteiger charge is -2.27. The summed E-state index contributed by atoms with van der Waals surface area (Å²) >= 11 is 0. The summed E-state index contributed by atoms with van der Waals surface area (Å²) in [5, 5.41) is 12.6. The van der Waals surface area contributed by atoms with Crippen molar-refractivity contribution in [3.63, 3.8) is 0 Å². The van der Waals surface area contributed by atoms with E-state index in [1.165, 1.54) is 16.7 Å². The minimum atomic E-state index is -0.120. The molecule has 0 fully saturated rings. The van der Waals surface area contributed by atoms with Gasteiger partial charge >= 0.3 is 0 Å². The van der Waals surface area contributed by atoms with E-state index in [2.05, 4.69) is 35.4 Å². The van der Waals surface area contributed by atoms with Gasteiger partial charge in [-0.3, -0.25) is 4.79 Å². The highest BCUT2D eigenvalue weighted by Crippen LogP contribution is 2.32. The molecule has 2 aromatic carbocycles. The Morgan fingerprint density at radius 2 is 2.19 bits per heavy atom. The molecule has 1 atom stereocenters. The molecule has 1 aromatic heterocycles. The van der Waals surface area contributed by atoms with Crippen LogP contribution in [-0.4, -0.2) is 20.6 Å². The SMILES string of the molecule is Cc1cccc2c1CCCC2NC(=O)c1ccc2c(c1)nc(CO)n2C.